The Morgan fingerprint density at radius 3 is 0.886 bits per heavy atom. The van der Waals surface area contributed by atoms with E-state index >= 15 is 0 Å². The molecule has 0 radical (unpaired) electrons. The predicted octanol–water partition coefficient (Wildman–Crippen LogP) is 20.0. The summed E-state index contributed by atoms with van der Waals surface area (Å²) >= 11 is 0. The molecule has 12 rings (SSSR count). The maximum absolute atomic E-state index is 11.9. The molecule has 0 saturated carbocycles. The van der Waals surface area contributed by atoms with Crippen LogP contribution in [0.1, 0.15) is 83.5 Å². The van der Waals surface area contributed by atoms with Crippen molar-refractivity contribution in [3.63, 3.8) is 0 Å². The lowest BCUT2D eigenvalue weighted by molar-refractivity contribution is 1.13. The van der Waals surface area contributed by atoms with Crippen molar-refractivity contribution in [2.24, 2.45) is 0 Å². The van der Waals surface area contributed by atoms with E-state index < -0.39 is 0 Å². The van der Waals surface area contributed by atoms with Crippen LogP contribution in [0.4, 0.5) is 0 Å². The molecule has 0 unspecified atom stereocenters. The van der Waals surface area contributed by atoms with Gasteiger partial charge in [0.25, 0.3) is 0 Å². The lowest BCUT2D eigenvalue weighted by atomic mass is 9.92. The average molecular weight is 1020 g/mol. The lowest BCUT2D eigenvalue weighted by Gasteiger charge is -2.20. The molecule has 2 heterocycles. The summed E-state index contributed by atoms with van der Waals surface area (Å²) in [5.74, 6) is 0. The van der Waals surface area contributed by atoms with Crippen molar-refractivity contribution >= 4 is 43.6 Å². The van der Waals surface area contributed by atoms with Crippen LogP contribution >= 0.6 is 0 Å². The summed E-state index contributed by atoms with van der Waals surface area (Å²) in [4.78, 5) is 0. The first kappa shape index (κ1) is 50.6. The monoisotopic (exact) mass is 1020 g/mol. The lowest BCUT2D eigenvalue weighted by Crippen LogP contribution is -2.04. The summed E-state index contributed by atoms with van der Waals surface area (Å²) in [7, 11) is 0. The third-order valence-electron chi connectivity index (χ3n) is 16.6. The number of nitriles is 2. The third-order valence-corrected chi connectivity index (χ3v) is 16.6. The molecular formula is C75H64N4. The molecule has 0 aliphatic rings. The van der Waals surface area contributed by atoms with E-state index in [4.69, 9.17) is 0 Å². The number of aryl methyl sites for hydroxylation is 13. The van der Waals surface area contributed by atoms with E-state index in [1.165, 1.54) is 89.0 Å². The van der Waals surface area contributed by atoms with Crippen LogP contribution < -0.4 is 0 Å². The normalized spacial score (nSPS) is 11.6. The minimum absolute atomic E-state index is 0.532. The number of hydrogen-bond acceptors (Lipinski definition) is 2. The second-order valence-corrected chi connectivity index (χ2v) is 22.9. The molecule has 0 spiro atoms. The molecule has 0 aliphatic carbocycles. The Labute approximate surface area is 465 Å². The quantitative estimate of drug-likeness (QED) is 0.160. The molecule has 79 heavy (non-hydrogen) atoms. The fourth-order valence-electron chi connectivity index (χ4n) is 14.0. The highest BCUT2D eigenvalue weighted by Gasteiger charge is 2.25. The van der Waals surface area contributed by atoms with Crippen LogP contribution in [0.3, 0.4) is 0 Å². The van der Waals surface area contributed by atoms with Gasteiger partial charge in [-0.15, -0.1) is 0 Å². The maximum atomic E-state index is 11.9. The molecule has 0 fully saturated rings. The zero-order valence-corrected chi connectivity index (χ0v) is 47.7. The van der Waals surface area contributed by atoms with Gasteiger partial charge in [-0.3, -0.25) is 0 Å². The third kappa shape index (κ3) is 8.43. The maximum Gasteiger partial charge on any atom is 0.101 e. The van der Waals surface area contributed by atoms with Crippen molar-refractivity contribution in [2.45, 2.75) is 90.0 Å². The van der Waals surface area contributed by atoms with Crippen molar-refractivity contribution in [1.82, 2.24) is 9.13 Å². The molecule has 4 nitrogen and oxygen atoms in total. The minimum atomic E-state index is 0.532. The second-order valence-electron chi connectivity index (χ2n) is 22.9. The topological polar surface area (TPSA) is 57.4 Å². The van der Waals surface area contributed by atoms with Gasteiger partial charge in [0.2, 0.25) is 0 Å². The number of fused-ring (bicyclic) bond motifs is 6. The van der Waals surface area contributed by atoms with Crippen molar-refractivity contribution in [2.75, 3.05) is 0 Å². The molecule has 0 bridgehead atoms. The number of nitrogens with zero attached hydrogens (tertiary/aromatic N) is 4. The summed E-state index contributed by atoms with van der Waals surface area (Å²) in [6.45, 7) is 28.4. The van der Waals surface area contributed by atoms with Crippen LogP contribution in [0, 0.1) is 113 Å². The minimum Gasteiger partial charge on any atom is -0.309 e. The van der Waals surface area contributed by atoms with Gasteiger partial charge in [-0.2, -0.15) is 10.5 Å². The molecule has 0 saturated heterocycles. The van der Waals surface area contributed by atoms with Crippen LogP contribution in [0.15, 0.2) is 152 Å². The molecule has 0 amide bonds. The van der Waals surface area contributed by atoms with Gasteiger partial charge in [0.1, 0.15) is 6.07 Å². The molecule has 384 valence electrons. The first-order valence-corrected chi connectivity index (χ1v) is 27.5. The SMILES string of the molecule is Cc1cc(C#N)cc(-c2cc(-n3c4cc(-c5c(C)cc(C)cc5C)ccc4c4ccc(-c5c(C)cc(C)cc5C)cc43)c(C#N)cc2-n2c3cc(-c4c(C)cc(C)cc4C)ccc3c3ccc(-c4c(C)cc(C)cc4C)cc32)c1. The van der Waals surface area contributed by atoms with E-state index in [9.17, 15) is 10.5 Å². The highest BCUT2D eigenvalue weighted by Crippen LogP contribution is 2.46. The van der Waals surface area contributed by atoms with Gasteiger partial charge in [0.15, 0.2) is 0 Å². The molecule has 0 N–H and O–H groups in total. The van der Waals surface area contributed by atoms with Crippen LogP contribution in [-0.4, -0.2) is 9.13 Å². The van der Waals surface area contributed by atoms with Gasteiger partial charge in [-0.1, -0.05) is 125 Å². The standard InChI is InChI=1S/C75H64N4/c1-41-22-46(6)72(47(7)23-41)55-14-18-61-62-19-15-56(73-48(8)24-42(2)25-49(73)9)34-68(62)78(67(61)33-55)66-38-65(59-31-45(5)30-54(32-59)39-76)71(37-60(66)40-77)79-69-35-57(74-50(10)26-43(3)27-51(74)11)16-20-63(69)64-21-17-58(36-70(64)79)75-52(12)28-44(4)29-53(75)13/h14-38H,1-13H3. The van der Waals surface area contributed by atoms with Crippen LogP contribution in [0.25, 0.3) is 111 Å². The number of benzene rings is 10. The van der Waals surface area contributed by atoms with Crippen molar-refractivity contribution < 1.29 is 0 Å². The van der Waals surface area contributed by atoms with Gasteiger partial charge < -0.3 is 9.13 Å². The highest BCUT2D eigenvalue weighted by atomic mass is 15.0. The van der Waals surface area contributed by atoms with Gasteiger partial charge in [0.05, 0.1) is 50.6 Å². The van der Waals surface area contributed by atoms with Crippen LogP contribution in [-0.2, 0) is 0 Å². The molecule has 12 aromatic rings. The van der Waals surface area contributed by atoms with E-state index in [1.807, 2.05) is 12.1 Å². The zero-order chi connectivity index (χ0) is 55.5. The Balaban J connectivity index is 1.24. The first-order chi connectivity index (χ1) is 37.9. The van der Waals surface area contributed by atoms with Crippen LogP contribution in [0.2, 0.25) is 0 Å². The van der Waals surface area contributed by atoms with Gasteiger partial charge in [0, 0.05) is 27.1 Å². The molecule has 0 aliphatic heterocycles. The predicted molar refractivity (Wildman–Crippen MR) is 333 cm³/mol. The Bertz CT molecular complexity index is 4380. The summed E-state index contributed by atoms with van der Waals surface area (Å²) < 4.78 is 4.74. The molecule has 2 aromatic heterocycles. The molecule has 0 atom stereocenters. The Morgan fingerprint density at radius 2 is 0.582 bits per heavy atom. The first-order valence-electron chi connectivity index (χ1n) is 27.5. The summed E-state index contributed by atoms with van der Waals surface area (Å²) in [5.41, 5.74) is 33.8. The molecular weight excluding hydrogens is 957 g/mol. The van der Waals surface area contributed by atoms with E-state index in [0.29, 0.717) is 11.1 Å². The largest absolute Gasteiger partial charge is 0.309 e. The second kappa shape index (κ2) is 19.1. The van der Waals surface area contributed by atoms with Crippen molar-refractivity contribution in [3.05, 3.63) is 235 Å². The van der Waals surface area contributed by atoms with Gasteiger partial charge in [-0.25, -0.2) is 0 Å². The number of hydrogen-bond donors (Lipinski definition) is 0. The molecule has 4 heteroatoms. The fraction of sp³-hybridized carbons (Fsp3) is 0.173. The van der Waals surface area contributed by atoms with Crippen molar-refractivity contribution in [3.8, 4) is 79.1 Å². The Kier molecular flexibility index (Phi) is 12.2. The van der Waals surface area contributed by atoms with Gasteiger partial charge >= 0.3 is 0 Å². The molecule has 10 aromatic carbocycles. The highest BCUT2D eigenvalue weighted by molar-refractivity contribution is 6.14. The van der Waals surface area contributed by atoms with Crippen molar-refractivity contribution in [1.29, 1.82) is 10.5 Å². The zero-order valence-electron chi connectivity index (χ0n) is 47.7. The summed E-state index contributed by atoms with van der Waals surface area (Å²) in [6, 6.07) is 61.5. The van der Waals surface area contributed by atoms with E-state index in [-0.39, 0.29) is 0 Å². The van der Waals surface area contributed by atoms with E-state index in [0.717, 1.165) is 93.9 Å². The van der Waals surface area contributed by atoms with Crippen LogP contribution in [0.5, 0.6) is 0 Å². The van der Waals surface area contributed by atoms with E-state index in [2.05, 4.69) is 251 Å². The summed E-state index contributed by atoms with van der Waals surface area (Å²) in [6.07, 6.45) is 0. The average Bonchev–Trinajstić information content (AvgIpc) is 3.90. The smallest absolute Gasteiger partial charge is 0.101 e. The fourth-order valence-corrected chi connectivity index (χ4v) is 14.0. The number of rotatable bonds is 7. The number of aromatic nitrogens is 2. The Morgan fingerprint density at radius 1 is 0.278 bits per heavy atom. The summed E-state index contributed by atoms with van der Waals surface area (Å²) in [5, 5.41) is 27.0. The Hall–Kier alpha value is -9.22. The van der Waals surface area contributed by atoms with E-state index in [1.54, 1.807) is 0 Å². The van der Waals surface area contributed by atoms with Gasteiger partial charge in [-0.05, 0) is 239 Å².